The van der Waals surface area contributed by atoms with Gasteiger partial charge in [-0.15, -0.1) is 11.3 Å². The van der Waals surface area contributed by atoms with E-state index in [1.165, 1.54) is 16.8 Å². The van der Waals surface area contributed by atoms with E-state index in [9.17, 15) is 20.0 Å². The minimum atomic E-state index is -0.620. The van der Waals surface area contributed by atoms with Gasteiger partial charge in [-0.1, -0.05) is 42.5 Å². The first-order valence-electron chi connectivity index (χ1n) is 12.9. The molecule has 0 saturated carbocycles. The summed E-state index contributed by atoms with van der Waals surface area (Å²) in [6, 6.07) is 21.8. The third-order valence-corrected chi connectivity index (χ3v) is 7.63. The molecule has 3 N–H and O–H groups in total. The van der Waals surface area contributed by atoms with Gasteiger partial charge in [0.05, 0.1) is 18.1 Å². The lowest BCUT2D eigenvalue weighted by Crippen LogP contribution is -2.35. The van der Waals surface area contributed by atoms with Crippen LogP contribution in [-0.2, 0) is 27.5 Å². The number of hydrogen-bond acceptors (Lipinski definition) is 8. The summed E-state index contributed by atoms with van der Waals surface area (Å²) in [6.45, 7) is 1.04. The van der Waals surface area contributed by atoms with Gasteiger partial charge in [0.2, 0.25) is 6.29 Å². The van der Waals surface area contributed by atoms with Crippen molar-refractivity contribution >= 4 is 38.7 Å². The average molecular weight is 560 g/mol. The lowest BCUT2D eigenvalue weighted by atomic mass is 9.92. The number of aliphatic hydroxyl groups excluding tert-OH is 1. The monoisotopic (exact) mass is 559 g/mol. The molecule has 3 aromatic carbocycles. The van der Waals surface area contributed by atoms with Crippen molar-refractivity contribution in [2.75, 3.05) is 18.4 Å². The van der Waals surface area contributed by atoms with Gasteiger partial charge in [0.1, 0.15) is 0 Å². The molecular weight excluding hydrogens is 530 g/mol. The van der Waals surface area contributed by atoms with E-state index in [0.717, 1.165) is 27.8 Å². The first-order valence-corrected chi connectivity index (χ1v) is 13.8. The Morgan fingerprint density at radius 1 is 1.05 bits per heavy atom. The summed E-state index contributed by atoms with van der Waals surface area (Å²) in [5.74, 6) is -0.191. The SMILES string of the molecule is O=C(NCCNc1ccc([N+](=O)[O-])cc1)C1=C[C@H](c2csc3ccccc23)C[C@H](OCc2ccc(CO)cc2)O1. The molecule has 9 nitrogen and oxygen atoms in total. The summed E-state index contributed by atoms with van der Waals surface area (Å²) in [7, 11) is 0. The Kier molecular flexibility index (Phi) is 8.70. The summed E-state index contributed by atoms with van der Waals surface area (Å²) in [4.78, 5) is 23.5. The zero-order valence-corrected chi connectivity index (χ0v) is 22.4. The number of hydrogen-bond donors (Lipinski definition) is 3. The molecule has 0 radical (unpaired) electrons. The van der Waals surface area contributed by atoms with Crippen molar-refractivity contribution in [3.63, 3.8) is 0 Å². The van der Waals surface area contributed by atoms with Crippen LogP contribution in [0.2, 0.25) is 0 Å². The van der Waals surface area contributed by atoms with Crippen LogP contribution in [-0.4, -0.2) is 35.3 Å². The number of thiophene rings is 1. The van der Waals surface area contributed by atoms with Gasteiger partial charge < -0.3 is 25.2 Å². The fraction of sp³-hybridized carbons (Fsp3) is 0.233. The Hall–Kier alpha value is -4.25. The number of nitro benzene ring substituents is 1. The summed E-state index contributed by atoms with van der Waals surface area (Å²) < 4.78 is 13.3. The molecule has 1 aliphatic rings. The molecule has 2 atom stereocenters. The molecule has 206 valence electrons. The fourth-order valence-corrected chi connectivity index (χ4v) is 5.55. The highest BCUT2D eigenvalue weighted by molar-refractivity contribution is 7.17. The van der Waals surface area contributed by atoms with Gasteiger partial charge in [-0.05, 0) is 51.7 Å². The topological polar surface area (TPSA) is 123 Å². The molecule has 10 heteroatoms. The summed E-state index contributed by atoms with van der Waals surface area (Å²) in [6.07, 6.45) is 1.81. The maximum Gasteiger partial charge on any atom is 0.286 e. The van der Waals surface area contributed by atoms with Gasteiger partial charge in [0.25, 0.3) is 11.6 Å². The Balaban J connectivity index is 1.24. The zero-order valence-electron chi connectivity index (χ0n) is 21.6. The normalized spacial score (nSPS) is 16.7. The Morgan fingerprint density at radius 2 is 1.80 bits per heavy atom. The number of carbonyl (C=O) groups excluding carboxylic acids is 1. The number of fused-ring (bicyclic) bond motifs is 1. The first kappa shape index (κ1) is 27.3. The third-order valence-electron chi connectivity index (χ3n) is 6.65. The third kappa shape index (κ3) is 6.66. The number of nitro groups is 1. The van der Waals surface area contributed by atoms with Crippen molar-refractivity contribution in [2.45, 2.75) is 31.8 Å². The largest absolute Gasteiger partial charge is 0.459 e. The molecule has 0 saturated heterocycles. The van der Waals surface area contributed by atoms with E-state index in [-0.39, 0.29) is 29.9 Å². The standard InChI is InChI=1S/C30H29N3O6S/c34-17-20-5-7-21(8-6-20)18-38-29-16-22(26-19-40-28-4-2-1-3-25(26)28)15-27(39-29)30(35)32-14-13-31-23-9-11-24(12-10-23)33(36)37/h1-12,15,19,22,29,31,34H,13-14,16-18H2,(H,32,35)/t22-,29+/m0/s1. The second-order valence-corrected chi connectivity index (χ2v) is 10.3. The molecule has 1 aliphatic heterocycles. The van der Waals surface area contributed by atoms with Crippen LogP contribution < -0.4 is 10.6 Å². The number of nitrogens with zero attached hydrogens (tertiary/aromatic N) is 1. The van der Waals surface area contributed by atoms with Crippen molar-refractivity contribution in [1.29, 1.82) is 0 Å². The van der Waals surface area contributed by atoms with E-state index in [4.69, 9.17) is 9.47 Å². The van der Waals surface area contributed by atoms with Crippen LogP contribution in [0.15, 0.2) is 90.0 Å². The molecule has 0 aliphatic carbocycles. The Bertz CT molecular complexity index is 1500. The molecule has 4 aromatic rings. The van der Waals surface area contributed by atoms with E-state index >= 15 is 0 Å². The number of amides is 1. The lowest BCUT2D eigenvalue weighted by Gasteiger charge is -2.29. The van der Waals surface area contributed by atoms with Crippen molar-refractivity contribution in [3.8, 4) is 0 Å². The van der Waals surface area contributed by atoms with E-state index in [0.29, 0.717) is 26.1 Å². The van der Waals surface area contributed by atoms with Crippen molar-refractivity contribution in [3.05, 3.63) is 117 Å². The molecule has 0 fully saturated rings. The quantitative estimate of drug-likeness (QED) is 0.127. The van der Waals surface area contributed by atoms with Gasteiger partial charge in [-0.25, -0.2) is 0 Å². The number of carbonyl (C=O) groups is 1. The number of benzene rings is 3. The number of rotatable bonds is 11. The van der Waals surface area contributed by atoms with Crippen molar-refractivity contribution in [2.24, 2.45) is 0 Å². The molecule has 40 heavy (non-hydrogen) atoms. The van der Waals surface area contributed by atoms with E-state index in [2.05, 4.69) is 28.1 Å². The molecule has 0 bridgehead atoms. The highest BCUT2D eigenvalue weighted by atomic mass is 32.1. The van der Waals surface area contributed by atoms with Gasteiger partial charge in [0, 0.05) is 47.9 Å². The second kappa shape index (κ2) is 12.7. The molecule has 2 heterocycles. The zero-order chi connectivity index (χ0) is 27.9. The van der Waals surface area contributed by atoms with Crippen molar-refractivity contribution in [1.82, 2.24) is 5.32 Å². The van der Waals surface area contributed by atoms with E-state index in [1.807, 2.05) is 42.5 Å². The number of aliphatic hydroxyl groups is 1. The first-order chi connectivity index (χ1) is 19.5. The lowest BCUT2D eigenvalue weighted by molar-refractivity contribution is -0.384. The minimum Gasteiger partial charge on any atom is -0.459 e. The summed E-state index contributed by atoms with van der Waals surface area (Å²) in [5.41, 5.74) is 3.64. The van der Waals surface area contributed by atoms with Crippen LogP contribution in [0.1, 0.15) is 29.0 Å². The number of nitrogens with one attached hydrogen (secondary N) is 2. The second-order valence-electron chi connectivity index (χ2n) is 9.38. The highest BCUT2D eigenvalue weighted by Gasteiger charge is 2.30. The van der Waals surface area contributed by atoms with E-state index in [1.54, 1.807) is 23.5 Å². The highest BCUT2D eigenvalue weighted by Crippen LogP contribution is 2.38. The van der Waals surface area contributed by atoms with Crippen LogP contribution in [0.25, 0.3) is 10.1 Å². The Morgan fingerprint density at radius 3 is 2.55 bits per heavy atom. The van der Waals surface area contributed by atoms with Crippen LogP contribution in [0.4, 0.5) is 11.4 Å². The van der Waals surface area contributed by atoms with Crippen LogP contribution in [0.5, 0.6) is 0 Å². The molecule has 1 amide bonds. The fourth-order valence-electron chi connectivity index (χ4n) is 4.52. The van der Waals surface area contributed by atoms with Crippen LogP contribution in [0.3, 0.4) is 0 Å². The van der Waals surface area contributed by atoms with Crippen LogP contribution >= 0.6 is 11.3 Å². The van der Waals surface area contributed by atoms with E-state index < -0.39 is 11.2 Å². The maximum absolute atomic E-state index is 13.1. The predicted molar refractivity (Wildman–Crippen MR) is 154 cm³/mol. The smallest absolute Gasteiger partial charge is 0.286 e. The van der Waals surface area contributed by atoms with Gasteiger partial charge >= 0.3 is 0 Å². The Labute approximate surface area is 235 Å². The predicted octanol–water partition coefficient (Wildman–Crippen LogP) is 5.46. The van der Waals surface area contributed by atoms with Gasteiger partial charge in [0.15, 0.2) is 5.76 Å². The number of anilines is 1. The summed E-state index contributed by atoms with van der Waals surface area (Å²) in [5, 5.41) is 29.4. The molecule has 0 spiro atoms. The number of ether oxygens (including phenoxy) is 2. The molecule has 0 unspecified atom stereocenters. The molecular formula is C30H29N3O6S. The van der Waals surface area contributed by atoms with Crippen LogP contribution in [0, 0.1) is 10.1 Å². The molecule has 1 aromatic heterocycles. The van der Waals surface area contributed by atoms with Gasteiger partial charge in [-0.3, -0.25) is 14.9 Å². The minimum absolute atomic E-state index is 0.0180. The number of non-ortho nitro benzene ring substituents is 1. The number of allylic oxidation sites excluding steroid dienone is 1. The molecule has 5 rings (SSSR count). The van der Waals surface area contributed by atoms with Gasteiger partial charge in [-0.2, -0.15) is 0 Å². The maximum atomic E-state index is 13.1. The van der Waals surface area contributed by atoms with Crippen molar-refractivity contribution < 1.29 is 24.3 Å². The summed E-state index contributed by atoms with van der Waals surface area (Å²) >= 11 is 1.67. The average Bonchev–Trinajstić information content (AvgIpc) is 3.43.